The first kappa shape index (κ1) is 10.2. The monoisotopic (exact) mass is 206 g/mol. The summed E-state index contributed by atoms with van der Waals surface area (Å²) in [5.41, 5.74) is 1.22. The van der Waals surface area contributed by atoms with Crippen molar-refractivity contribution in [3.63, 3.8) is 0 Å². The highest BCUT2D eigenvalue weighted by molar-refractivity contribution is 5.93. The van der Waals surface area contributed by atoms with Crippen LogP contribution in [0.25, 0.3) is 0 Å². The van der Waals surface area contributed by atoms with Gasteiger partial charge in [0.05, 0.1) is 7.11 Å². The van der Waals surface area contributed by atoms with Crippen molar-refractivity contribution in [2.45, 2.75) is 12.8 Å². The van der Waals surface area contributed by atoms with Crippen LogP contribution in [-0.2, 0) is 9.53 Å². The van der Waals surface area contributed by atoms with Crippen LogP contribution >= 0.6 is 0 Å². The van der Waals surface area contributed by atoms with E-state index in [4.69, 9.17) is 5.26 Å². The molecule has 0 atom stereocenters. The van der Waals surface area contributed by atoms with Crippen molar-refractivity contribution in [3.05, 3.63) is 11.1 Å². The summed E-state index contributed by atoms with van der Waals surface area (Å²) >= 11 is 0. The molecule has 3 fully saturated rings. The summed E-state index contributed by atoms with van der Waals surface area (Å²) in [6, 6.07) is 1.99. The summed E-state index contributed by atoms with van der Waals surface area (Å²) in [4.78, 5) is 13.7. The fraction of sp³-hybridized carbons (Fsp3) is 0.636. The molecule has 3 rings (SSSR count). The van der Waals surface area contributed by atoms with Crippen LogP contribution in [0.1, 0.15) is 12.8 Å². The molecule has 0 unspecified atom stereocenters. The fourth-order valence-electron chi connectivity index (χ4n) is 2.44. The number of hydrogen-bond donors (Lipinski definition) is 0. The number of piperidine rings is 3. The Morgan fingerprint density at radius 1 is 1.53 bits per heavy atom. The molecule has 4 heteroatoms. The average molecular weight is 206 g/mol. The zero-order valence-electron chi connectivity index (χ0n) is 8.82. The molecule has 15 heavy (non-hydrogen) atoms. The van der Waals surface area contributed by atoms with Gasteiger partial charge in [-0.3, -0.25) is 4.90 Å². The summed E-state index contributed by atoms with van der Waals surface area (Å²) in [5.74, 6) is -0.0648. The van der Waals surface area contributed by atoms with Crippen molar-refractivity contribution >= 4 is 5.97 Å². The lowest BCUT2D eigenvalue weighted by molar-refractivity contribution is -0.135. The molecule has 0 aromatic rings. The van der Waals surface area contributed by atoms with Gasteiger partial charge in [-0.15, -0.1) is 0 Å². The van der Waals surface area contributed by atoms with Crippen molar-refractivity contribution < 1.29 is 9.53 Å². The lowest BCUT2D eigenvalue weighted by Crippen LogP contribution is -2.44. The second-order valence-electron chi connectivity index (χ2n) is 4.05. The number of ether oxygens (including phenoxy) is 1. The number of carbonyl (C=O) groups excluding carboxylic acids is 1. The number of nitriles is 1. The van der Waals surface area contributed by atoms with Gasteiger partial charge >= 0.3 is 5.97 Å². The summed E-state index contributed by atoms with van der Waals surface area (Å²) in [5, 5.41) is 8.98. The Morgan fingerprint density at radius 3 is 2.60 bits per heavy atom. The van der Waals surface area contributed by atoms with Crippen LogP contribution in [0.3, 0.4) is 0 Å². The normalized spacial score (nSPS) is 32.0. The predicted molar refractivity (Wildman–Crippen MR) is 53.8 cm³/mol. The molecule has 0 spiro atoms. The lowest BCUT2D eigenvalue weighted by Gasteiger charge is -2.41. The molecule has 2 bridgehead atoms. The molecule has 3 aliphatic rings. The topological polar surface area (TPSA) is 53.3 Å². The number of rotatable bonds is 1. The van der Waals surface area contributed by atoms with Gasteiger partial charge in [-0.2, -0.15) is 5.26 Å². The minimum absolute atomic E-state index is 0.229. The van der Waals surface area contributed by atoms with E-state index < -0.39 is 5.97 Å². The summed E-state index contributed by atoms with van der Waals surface area (Å²) < 4.78 is 4.63. The number of methoxy groups -OCH3 is 1. The molecular formula is C11H14N2O2. The van der Waals surface area contributed by atoms with E-state index in [1.54, 1.807) is 0 Å². The fourth-order valence-corrected chi connectivity index (χ4v) is 2.44. The maximum atomic E-state index is 11.4. The van der Waals surface area contributed by atoms with Crippen molar-refractivity contribution in [2.24, 2.45) is 5.92 Å². The van der Waals surface area contributed by atoms with Crippen LogP contribution in [0.5, 0.6) is 0 Å². The van der Waals surface area contributed by atoms with E-state index in [2.05, 4.69) is 9.64 Å². The number of carbonyl (C=O) groups is 1. The van der Waals surface area contributed by atoms with Crippen LogP contribution in [0.2, 0.25) is 0 Å². The standard InChI is InChI=1S/C11H14N2O2/c1-15-11(14)9(6-12)10-7-13-4-2-8(10)3-5-13/h8H,2-5,7H2,1H3/b10-9+. The van der Waals surface area contributed by atoms with E-state index in [0.717, 1.165) is 38.0 Å². The summed E-state index contributed by atoms with van der Waals surface area (Å²) in [6.07, 6.45) is 2.13. The van der Waals surface area contributed by atoms with Crippen molar-refractivity contribution in [2.75, 3.05) is 26.7 Å². The molecule has 0 aromatic carbocycles. The second-order valence-corrected chi connectivity index (χ2v) is 4.05. The van der Waals surface area contributed by atoms with E-state index >= 15 is 0 Å². The molecule has 0 saturated carbocycles. The highest BCUT2D eigenvalue weighted by Crippen LogP contribution is 2.33. The van der Waals surface area contributed by atoms with Crippen LogP contribution in [-0.4, -0.2) is 37.6 Å². The van der Waals surface area contributed by atoms with Crippen LogP contribution in [0.4, 0.5) is 0 Å². The number of hydrogen-bond acceptors (Lipinski definition) is 4. The number of fused-ring (bicyclic) bond motifs is 3. The van der Waals surface area contributed by atoms with E-state index in [9.17, 15) is 4.79 Å². The Labute approximate surface area is 89.1 Å². The average Bonchev–Trinajstić information content (AvgIpc) is 2.31. The second kappa shape index (κ2) is 4.03. The molecule has 0 N–H and O–H groups in total. The van der Waals surface area contributed by atoms with Gasteiger partial charge in [-0.25, -0.2) is 4.79 Å². The molecule has 80 valence electrons. The maximum absolute atomic E-state index is 11.4. The van der Waals surface area contributed by atoms with Gasteiger partial charge < -0.3 is 4.74 Å². The quantitative estimate of drug-likeness (QED) is 0.360. The molecule has 4 nitrogen and oxygen atoms in total. The van der Waals surface area contributed by atoms with Crippen molar-refractivity contribution in [1.82, 2.24) is 4.90 Å². The SMILES string of the molecule is COC(=O)/C(C#N)=C1\CN2CCC1CC2. The summed E-state index contributed by atoms with van der Waals surface area (Å²) in [7, 11) is 1.32. The minimum atomic E-state index is -0.485. The van der Waals surface area contributed by atoms with Crippen LogP contribution in [0, 0.1) is 17.2 Å². The Morgan fingerprint density at radius 2 is 2.20 bits per heavy atom. The third kappa shape index (κ3) is 1.75. The molecule has 0 radical (unpaired) electrons. The molecule has 3 aliphatic heterocycles. The lowest BCUT2D eigenvalue weighted by atomic mass is 9.81. The highest BCUT2D eigenvalue weighted by atomic mass is 16.5. The Kier molecular flexibility index (Phi) is 2.74. The van der Waals surface area contributed by atoms with Gasteiger partial charge in [0.1, 0.15) is 11.6 Å². The van der Waals surface area contributed by atoms with Crippen molar-refractivity contribution in [1.29, 1.82) is 5.26 Å². The van der Waals surface area contributed by atoms with Gasteiger partial charge in [0.25, 0.3) is 0 Å². The number of nitrogens with zero attached hydrogens (tertiary/aromatic N) is 2. The van der Waals surface area contributed by atoms with Gasteiger partial charge in [0.15, 0.2) is 0 Å². The molecule has 0 amide bonds. The largest absolute Gasteiger partial charge is 0.465 e. The number of esters is 1. The molecule has 3 heterocycles. The first-order valence-corrected chi connectivity index (χ1v) is 5.20. The Hall–Kier alpha value is -1.34. The molecule has 0 aromatic heterocycles. The first-order valence-electron chi connectivity index (χ1n) is 5.20. The van der Waals surface area contributed by atoms with E-state index in [0.29, 0.717) is 5.92 Å². The third-order valence-corrected chi connectivity index (χ3v) is 3.30. The minimum Gasteiger partial charge on any atom is -0.465 e. The zero-order chi connectivity index (χ0) is 10.8. The van der Waals surface area contributed by atoms with Crippen LogP contribution in [0.15, 0.2) is 11.1 Å². The van der Waals surface area contributed by atoms with Gasteiger partial charge in [0.2, 0.25) is 0 Å². The molecule has 3 saturated heterocycles. The van der Waals surface area contributed by atoms with Crippen LogP contribution < -0.4 is 0 Å². The Balaban J connectivity index is 2.31. The summed E-state index contributed by atoms with van der Waals surface area (Å²) in [6.45, 7) is 2.95. The smallest absolute Gasteiger partial charge is 0.348 e. The van der Waals surface area contributed by atoms with Crippen molar-refractivity contribution in [3.8, 4) is 6.07 Å². The van der Waals surface area contributed by atoms with E-state index in [-0.39, 0.29) is 5.57 Å². The third-order valence-electron chi connectivity index (χ3n) is 3.30. The molecule has 0 aliphatic carbocycles. The van der Waals surface area contributed by atoms with Gasteiger partial charge in [-0.1, -0.05) is 0 Å². The predicted octanol–water partition coefficient (Wildman–Crippen LogP) is 0.705. The zero-order valence-corrected chi connectivity index (χ0v) is 8.82. The molecular weight excluding hydrogens is 192 g/mol. The first-order chi connectivity index (χ1) is 7.26. The van der Waals surface area contributed by atoms with E-state index in [1.165, 1.54) is 7.11 Å². The maximum Gasteiger partial charge on any atom is 0.348 e. The Bertz CT molecular complexity index is 346. The van der Waals surface area contributed by atoms with E-state index in [1.807, 2.05) is 6.07 Å². The van der Waals surface area contributed by atoms with Gasteiger partial charge in [-0.05, 0) is 37.4 Å². The van der Waals surface area contributed by atoms with Gasteiger partial charge in [0, 0.05) is 6.54 Å². The highest BCUT2D eigenvalue weighted by Gasteiger charge is 2.33.